The van der Waals surface area contributed by atoms with Crippen molar-refractivity contribution in [2.24, 2.45) is 0 Å². The molecule has 0 aliphatic carbocycles. The van der Waals surface area contributed by atoms with Crippen molar-refractivity contribution in [3.8, 4) is 5.69 Å². The molecule has 7 nitrogen and oxygen atoms in total. The number of aromatic nitrogens is 4. The fraction of sp³-hybridized carbons (Fsp3) is 0.250. The van der Waals surface area contributed by atoms with Crippen molar-refractivity contribution in [1.82, 2.24) is 19.9 Å². The van der Waals surface area contributed by atoms with Crippen LogP contribution in [0, 0.1) is 6.92 Å². The van der Waals surface area contributed by atoms with Gasteiger partial charge in [-0.25, -0.2) is 0 Å². The van der Waals surface area contributed by atoms with Crippen molar-refractivity contribution in [1.29, 1.82) is 0 Å². The first-order valence-corrected chi connectivity index (χ1v) is 8.41. The van der Waals surface area contributed by atoms with Crippen molar-refractivity contribution < 1.29 is 9.32 Å². The number of benzene rings is 1. The summed E-state index contributed by atoms with van der Waals surface area (Å²) in [6.45, 7) is 3.73. The largest absolute Gasteiger partial charge is 0.360 e. The number of hydrogen-bond donors (Lipinski definition) is 1. The minimum Gasteiger partial charge on any atom is -0.360 e. The van der Waals surface area contributed by atoms with Crippen molar-refractivity contribution in [3.05, 3.63) is 48.5 Å². The molecule has 0 spiro atoms. The molecule has 1 amide bonds. The Morgan fingerprint density at radius 3 is 2.83 bits per heavy atom. The fourth-order valence-corrected chi connectivity index (χ4v) is 3.10. The van der Waals surface area contributed by atoms with E-state index in [9.17, 15) is 4.79 Å². The van der Waals surface area contributed by atoms with Gasteiger partial charge in [0.15, 0.2) is 11.0 Å². The highest BCUT2D eigenvalue weighted by atomic mass is 32.2. The van der Waals surface area contributed by atoms with Crippen molar-refractivity contribution >= 4 is 23.5 Å². The zero-order chi connectivity index (χ0) is 16.9. The van der Waals surface area contributed by atoms with Crippen molar-refractivity contribution in [2.75, 3.05) is 5.32 Å². The molecule has 2 heterocycles. The molecule has 0 saturated heterocycles. The average Bonchev–Trinajstić information content (AvgIpc) is 3.22. The van der Waals surface area contributed by atoms with Crippen LogP contribution in [0.25, 0.3) is 5.69 Å². The third-order valence-corrected chi connectivity index (χ3v) is 4.66. The van der Waals surface area contributed by atoms with E-state index in [2.05, 4.69) is 20.7 Å². The van der Waals surface area contributed by atoms with Crippen molar-refractivity contribution in [2.45, 2.75) is 30.7 Å². The van der Waals surface area contributed by atoms with Gasteiger partial charge in [-0.15, -0.1) is 10.2 Å². The standard InChI is InChI=1S/C16H17N5O2S/c1-3-13(15(22)18-14-9-11(2)23-20-14)24-16-19-17-10-21(16)12-7-5-4-6-8-12/h4-10,13H,3H2,1-2H3,(H,18,20,22)/t13-/m0/s1. The molecule has 3 rings (SSSR count). The van der Waals surface area contributed by atoms with Gasteiger partial charge in [0.05, 0.1) is 5.25 Å². The van der Waals surface area contributed by atoms with Gasteiger partial charge in [-0.1, -0.05) is 42.0 Å². The lowest BCUT2D eigenvalue weighted by Gasteiger charge is -2.13. The van der Waals surface area contributed by atoms with E-state index in [0.717, 1.165) is 5.69 Å². The molecule has 8 heteroatoms. The van der Waals surface area contributed by atoms with Crippen LogP contribution in [0.4, 0.5) is 5.82 Å². The number of nitrogens with one attached hydrogen (secondary N) is 1. The molecule has 0 aliphatic rings. The second-order valence-electron chi connectivity index (χ2n) is 5.15. The number of rotatable bonds is 6. The van der Waals surface area contributed by atoms with E-state index >= 15 is 0 Å². The first kappa shape index (κ1) is 16.3. The molecule has 2 aromatic heterocycles. The lowest BCUT2D eigenvalue weighted by atomic mass is 10.3. The van der Waals surface area contributed by atoms with E-state index in [1.807, 2.05) is 41.8 Å². The predicted molar refractivity (Wildman–Crippen MR) is 91.2 cm³/mol. The van der Waals surface area contributed by atoms with Gasteiger partial charge in [0, 0.05) is 11.8 Å². The maximum absolute atomic E-state index is 12.5. The van der Waals surface area contributed by atoms with E-state index in [0.29, 0.717) is 23.2 Å². The van der Waals surface area contributed by atoms with Crippen LogP contribution in [0.15, 0.2) is 52.4 Å². The van der Waals surface area contributed by atoms with Crippen LogP contribution in [-0.4, -0.2) is 31.1 Å². The maximum atomic E-state index is 12.5. The molecule has 0 radical (unpaired) electrons. The summed E-state index contributed by atoms with van der Waals surface area (Å²) in [5, 5.41) is 15.0. The van der Waals surface area contributed by atoms with Crippen LogP contribution in [0.1, 0.15) is 19.1 Å². The zero-order valence-electron chi connectivity index (χ0n) is 13.3. The second-order valence-corrected chi connectivity index (χ2v) is 6.32. The first-order chi connectivity index (χ1) is 11.7. The van der Waals surface area contributed by atoms with Gasteiger partial charge < -0.3 is 9.84 Å². The molecule has 1 N–H and O–H groups in total. The van der Waals surface area contributed by atoms with Gasteiger partial charge in [-0.3, -0.25) is 9.36 Å². The molecule has 0 aliphatic heterocycles. The van der Waals surface area contributed by atoms with Crippen LogP contribution >= 0.6 is 11.8 Å². The average molecular weight is 343 g/mol. The highest BCUT2D eigenvalue weighted by Crippen LogP contribution is 2.26. The Bertz CT molecular complexity index is 815. The van der Waals surface area contributed by atoms with Gasteiger partial charge in [-0.2, -0.15) is 0 Å². The molecule has 0 saturated carbocycles. The molecular formula is C16H17N5O2S. The quantitative estimate of drug-likeness (QED) is 0.692. The summed E-state index contributed by atoms with van der Waals surface area (Å²) in [6, 6.07) is 11.4. The Balaban J connectivity index is 1.74. The zero-order valence-corrected chi connectivity index (χ0v) is 14.2. The number of amides is 1. The fourth-order valence-electron chi connectivity index (χ4n) is 2.15. The summed E-state index contributed by atoms with van der Waals surface area (Å²) in [5.74, 6) is 0.925. The summed E-state index contributed by atoms with van der Waals surface area (Å²) in [7, 11) is 0. The molecule has 1 atom stereocenters. The Morgan fingerprint density at radius 2 is 2.17 bits per heavy atom. The number of nitrogens with zero attached hydrogens (tertiary/aromatic N) is 4. The van der Waals surface area contributed by atoms with Gasteiger partial charge in [0.2, 0.25) is 5.91 Å². The Hall–Kier alpha value is -2.61. The minimum absolute atomic E-state index is 0.140. The lowest BCUT2D eigenvalue weighted by molar-refractivity contribution is -0.115. The SMILES string of the molecule is CC[C@H](Sc1nncn1-c1ccccc1)C(=O)Nc1cc(C)on1. The molecule has 1 aromatic carbocycles. The van der Waals surface area contributed by atoms with Crippen LogP contribution in [0.3, 0.4) is 0 Å². The van der Waals surface area contributed by atoms with Crippen LogP contribution in [0.5, 0.6) is 0 Å². The highest BCUT2D eigenvalue weighted by Gasteiger charge is 2.22. The lowest BCUT2D eigenvalue weighted by Crippen LogP contribution is -2.25. The Morgan fingerprint density at radius 1 is 1.38 bits per heavy atom. The topological polar surface area (TPSA) is 85.8 Å². The number of anilines is 1. The Labute approximate surface area is 143 Å². The second kappa shape index (κ2) is 7.31. The molecule has 0 unspecified atom stereocenters. The predicted octanol–water partition coefficient (Wildman–Crippen LogP) is 3.07. The molecule has 0 bridgehead atoms. The number of para-hydroxylation sites is 1. The number of hydrogen-bond acceptors (Lipinski definition) is 6. The van der Waals surface area contributed by atoms with E-state index in [1.54, 1.807) is 19.3 Å². The van der Waals surface area contributed by atoms with E-state index in [4.69, 9.17) is 4.52 Å². The molecule has 0 fully saturated rings. The number of carbonyl (C=O) groups excluding carboxylic acids is 1. The number of carbonyl (C=O) groups is 1. The molecule has 24 heavy (non-hydrogen) atoms. The summed E-state index contributed by atoms with van der Waals surface area (Å²) >= 11 is 1.37. The summed E-state index contributed by atoms with van der Waals surface area (Å²) in [6.07, 6.45) is 2.29. The minimum atomic E-state index is -0.311. The van der Waals surface area contributed by atoms with Gasteiger partial charge in [-0.05, 0) is 25.5 Å². The number of aryl methyl sites for hydroxylation is 1. The van der Waals surface area contributed by atoms with Crippen LogP contribution < -0.4 is 5.32 Å². The monoisotopic (exact) mass is 343 g/mol. The van der Waals surface area contributed by atoms with Gasteiger partial charge in [0.1, 0.15) is 12.1 Å². The highest BCUT2D eigenvalue weighted by molar-refractivity contribution is 8.00. The summed E-state index contributed by atoms with van der Waals surface area (Å²) in [4.78, 5) is 12.5. The number of thioether (sulfide) groups is 1. The third-order valence-electron chi connectivity index (χ3n) is 3.34. The van der Waals surface area contributed by atoms with E-state index in [-0.39, 0.29) is 11.2 Å². The maximum Gasteiger partial charge on any atom is 0.239 e. The van der Waals surface area contributed by atoms with E-state index < -0.39 is 0 Å². The Kier molecular flexibility index (Phi) is 4.95. The van der Waals surface area contributed by atoms with E-state index in [1.165, 1.54) is 11.8 Å². The smallest absolute Gasteiger partial charge is 0.239 e. The normalized spacial score (nSPS) is 12.1. The molecule has 124 valence electrons. The van der Waals surface area contributed by atoms with Crippen LogP contribution in [0.2, 0.25) is 0 Å². The third kappa shape index (κ3) is 3.65. The van der Waals surface area contributed by atoms with Crippen molar-refractivity contribution in [3.63, 3.8) is 0 Å². The van der Waals surface area contributed by atoms with Gasteiger partial charge in [0.25, 0.3) is 0 Å². The molecular weight excluding hydrogens is 326 g/mol. The molecule has 3 aromatic rings. The van der Waals surface area contributed by atoms with Crippen LogP contribution in [-0.2, 0) is 4.79 Å². The first-order valence-electron chi connectivity index (χ1n) is 7.53. The summed E-state index contributed by atoms with van der Waals surface area (Å²) < 4.78 is 6.83. The summed E-state index contributed by atoms with van der Waals surface area (Å²) in [5.41, 5.74) is 0.951. The van der Waals surface area contributed by atoms with Gasteiger partial charge >= 0.3 is 0 Å².